The molecule has 2 aliphatic rings. The standard InChI is InChI=1S/C21H24N2O/c1-15(2)19-14-22(13-16-9-5-4-6-10-16)21(3)18-12-8-7-11-17(18)20(24)23(19)21/h4-12,15,19H,13-14H2,1-3H3. The molecule has 1 amide bonds. The Bertz CT molecular complexity index is 770. The van der Waals surface area contributed by atoms with E-state index in [-0.39, 0.29) is 17.6 Å². The normalized spacial score (nSPS) is 26.1. The number of nitrogens with zero attached hydrogens (tertiary/aromatic N) is 2. The zero-order valence-electron chi connectivity index (χ0n) is 14.6. The zero-order valence-corrected chi connectivity index (χ0v) is 14.6. The second kappa shape index (κ2) is 5.45. The second-order valence-corrected chi connectivity index (χ2v) is 7.42. The Morgan fingerprint density at radius 2 is 1.75 bits per heavy atom. The van der Waals surface area contributed by atoms with Crippen molar-refractivity contribution in [1.82, 2.24) is 9.80 Å². The SMILES string of the molecule is CC(C)C1CN(Cc2ccccc2)C2(C)c3ccccc3C(=O)N12. The molecule has 2 aliphatic heterocycles. The van der Waals surface area contributed by atoms with E-state index in [0.29, 0.717) is 5.92 Å². The van der Waals surface area contributed by atoms with Gasteiger partial charge in [0.05, 0.1) is 0 Å². The van der Waals surface area contributed by atoms with Crippen LogP contribution in [0.3, 0.4) is 0 Å². The van der Waals surface area contributed by atoms with Crippen LogP contribution in [-0.2, 0) is 12.2 Å². The maximum absolute atomic E-state index is 13.1. The molecule has 2 atom stereocenters. The van der Waals surface area contributed by atoms with Crippen molar-refractivity contribution in [3.63, 3.8) is 0 Å². The molecule has 2 aromatic carbocycles. The van der Waals surface area contributed by atoms with E-state index >= 15 is 0 Å². The molecule has 24 heavy (non-hydrogen) atoms. The van der Waals surface area contributed by atoms with Crippen LogP contribution in [-0.4, -0.2) is 28.3 Å². The lowest BCUT2D eigenvalue weighted by molar-refractivity contribution is 0.0205. The molecule has 2 unspecified atom stereocenters. The smallest absolute Gasteiger partial charge is 0.256 e. The fourth-order valence-corrected chi connectivity index (χ4v) is 4.35. The number of hydrogen-bond acceptors (Lipinski definition) is 2. The molecule has 124 valence electrons. The van der Waals surface area contributed by atoms with Gasteiger partial charge in [-0.25, -0.2) is 0 Å². The second-order valence-electron chi connectivity index (χ2n) is 7.42. The van der Waals surface area contributed by atoms with E-state index in [1.165, 1.54) is 5.56 Å². The predicted molar refractivity (Wildman–Crippen MR) is 95.4 cm³/mol. The fraction of sp³-hybridized carbons (Fsp3) is 0.381. The van der Waals surface area contributed by atoms with E-state index in [1.54, 1.807) is 0 Å². The number of rotatable bonds is 3. The Morgan fingerprint density at radius 3 is 2.46 bits per heavy atom. The molecule has 0 radical (unpaired) electrons. The van der Waals surface area contributed by atoms with Crippen LogP contribution in [0.2, 0.25) is 0 Å². The summed E-state index contributed by atoms with van der Waals surface area (Å²) < 4.78 is 0. The van der Waals surface area contributed by atoms with Crippen molar-refractivity contribution in [2.45, 2.75) is 39.0 Å². The van der Waals surface area contributed by atoms with E-state index in [1.807, 2.05) is 24.3 Å². The van der Waals surface area contributed by atoms with Crippen LogP contribution in [0, 0.1) is 5.92 Å². The highest BCUT2D eigenvalue weighted by Gasteiger charge is 2.57. The van der Waals surface area contributed by atoms with Crippen molar-refractivity contribution in [2.75, 3.05) is 6.54 Å². The van der Waals surface area contributed by atoms with Gasteiger partial charge in [-0.2, -0.15) is 0 Å². The molecule has 0 saturated carbocycles. The Labute approximate surface area is 143 Å². The number of carbonyl (C=O) groups excluding carboxylic acids is 1. The quantitative estimate of drug-likeness (QED) is 0.857. The first-order valence-corrected chi connectivity index (χ1v) is 8.75. The van der Waals surface area contributed by atoms with Crippen molar-refractivity contribution in [2.24, 2.45) is 5.92 Å². The molecule has 2 heterocycles. The van der Waals surface area contributed by atoms with Crippen molar-refractivity contribution < 1.29 is 4.79 Å². The minimum Gasteiger partial charge on any atom is -0.312 e. The van der Waals surface area contributed by atoms with Crippen LogP contribution in [0.15, 0.2) is 54.6 Å². The van der Waals surface area contributed by atoms with E-state index in [0.717, 1.165) is 24.2 Å². The number of amides is 1. The minimum absolute atomic E-state index is 0.183. The average molecular weight is 320 g/mol. The van der Waals surface area contributed by atoms with Crippen molar-refractivity contribution in [3.05, 3.63) is 71.3 Å². The summed E-state index contributed by atoms with van der Waals surface area (Å²) in [5, 5.41) is 0. The first kappa shape index (κ1) is 15.4. The highest BCUT2D eigenvalue weighted by molar-refractivity contribution is 6.00. The van der Waals surface area contributed by atoms with Crippen LogP contribution < -0.4 is 0 Å². The summed E-state index contributed by atoms with van der Waals surface area (Å²) in [6.45, 7) is 8.42. The highest BCUT2D eigenvalue weighted by Crippen LogP contribution is 2.48. The van der Waals surface area contributed by atoms with Gasteiger partial charge < -0.3 is 4.90 Å². The third kappa shape index (κ3) is 2.04. The molecule has 0 spiro atoms. The first-order valence-electron chi connectivity index (χ1n) is 8.75. The van der Waals surface area contributed by atoms with E-state index in [9.17, 15) is 4.79 Å². The van der Waals surface area contributed by atoms with Crippen LogP contribution in [0.5, 0.6) is 0 Å². The molecular formula is C21H24N2O. The van der Waals surface area contributed by atoms with Crippen molar-refractivity contribution >= 4 is 5.91 Å². The summed E-state index contributed by atoms with van der Waals surface area (Å²) >= 11 is 0. The molecule has 0 N–H and O–H groups in total. The molecule has 0 aliphatic carbocycles. The maximum atomic E-state index is 13.1. The topological polar surface area (TPSA) is 23.6 Å². The number of carbonyl (C=O) groups is 1. The van der Waals surface area contributed by atoms with Crippen LogP contribution in [0.4, 0.5) is 0 Å². The predicted octanol–water partition coefficient (Wildman–Crippen LogP) is 3.86. The van der Waals surface area contributed by atoms with E-state index < -0.39 is 0 Å². The number of hydrogen-bond donors (Lipinski definition) is 0. The molecule has 0 aromatic heterocycles. The molecule has 1 fully saturated rings. The molecule has 3 heteroatoms. The third-order valence-electron chi connectivity index (χ3n) is 5.70. The van der Waals surface area contributed by atoms with Gasteiger partial charge in [-0.3, -0.25) is 9.69 Å². The van der Waals surface area contributed by atoms with Gasteiger partial charge in [0, 0.05) is 30.3 Å². The molecule has 4 rings (SSSR count). The summed E-state index contributed by atoms with van der Waals surface area (Å²) in [5.41, 5.74) is 2.95. The summed E-state index contributed by atoms with van der Waals surface area (Å²) in [6, 6.07) is 18.9. The van der Waals surface area contributed by atoms with Gasteiger partial charge in [0.2, 0.25) is 0 Å². The van der Waals surface area contributed by atoms with Crippen molar-refractivity contribution in [1.29, 1.82) is 0 Å². The number of fused-ring (bicyclic) bond motifs is 3. The molecule has 1 saturated heterocycles. The minimum atomic E-state index is -0.349. The Morgan fingerprint density at radius 1 is 1.08 bits per heavy atom. The van der Waals surface area contributed by atoms with Gasteiger partial charge in [0.25, 0.3) is 5.91 Å². The van der Waals surface area contributed by atoms with Gasteiger partial charge in [0.15, 0.2) is 0 Å². The zero-order chi connectivity index (χ0) is 16.9. The summed E-state index contributed by atoms with van der Waals surface area (Å²) in [6.07, 6.45) is 0. The van der Waals surface area contributed by atoms with Crippen LogP contribution in [0.1, 0.15) is 42.3 Å². The lowest BCUT2D eigenvalue weighted by atomic mass is 9.98. The molecule has 2 aromatic rings. The maximum Gasteiger partial charge on any atom is 0.256 e. The van der Waals surface area contributed by atoms with E-state index in [4.69, 9.17) is 0 Å². The van der Waals surface area contributed by atoms with Crippen LogP contribution >= 0.6 is 0 Å². The van der Waals surface area contributed by atoms with Crippen molar-refractivity contribution in [3.8, 4) is 0 Å². The average Bonchev–Trinajstić information content (AvgIpc) is 3.00. The molecule has 3 nitrogen and oxygen atoms in total. The van der Waals surface area contributed by atoms with Gasteiger partial charge in [0.1, 0.15) is 5.66 Å². The largest absolute Gasteiger partial charge is 0.312 e. The highest BCUT2D eigenvalue weighted by atomic mass is 16.2. The fourth-order valence-electron chi connectivity index (χ4n) is 4.35. The monoisotopic (exact) mass is 320 g/mol. The van der Waals surface area contributed by atoms with Gasteiger partial charge in [-0.1, -0.05) is 62.4 Å². The van der Waals surface area contributed by atoms with E-state index in [2.05, 4.69) is 60.9 Å². The van der Waals surface area contributed by atoms with Gasteiger partial charge >= 0.3 is 0 Å². The van der Waals surface area contributed by atoms with Gasteiger partial charge in [-0.05, 0) is 24.5 Å². The number of benzene rings is 2. The Kier molecular flexibility index (Phi) is 3.50. The van der Waals surface area contributed by atoms with Crippen LogP contribution in [0.25, 0.3) is 0 Å². The Balaban J connectivity index is 1.80. The van der Waals surface area contributed by atoms with Gasteiger partial charge in [-0.15, -0.1) is 0 Å². The summed E-state index contributed by atoms with van der Waals surface area (Å²) in [5.74, 6) is 0.616. The first-order chi connectivity index (χ1) is 11.5. The summed E-state index contributed by atoms with van der Waals surface area (Å²) in [7, 11) is 0. The lowest BCUT2D eigenvalue weighted by Gasteiger charge is -2.38. The Hall–Kier alpha value is -2.13. The molecular weight excluding hydrogens is 296 g/mol. The molecule has 0 bridgehead atoms. The summed E-state index contributed by atoms with van der Waals surface area (Å²) in [4.78, 5) is 17.7. The third-order valence-corrected chi connectivity index (χ3v) is 5.70. The lowest BCUT2D eigenvalue weighted by Crippen LogP contribution is -2.47.